The topological polar surface area (TPSA) is 106 Å². The zero-order valence-electron chi connectivity index (χ0n) is 18.5. The van der Waals surface area contributed by atoms with Crippen molar-refractivity contribution in [3.05, 3.63) is 59.9 Å². The Hall–Kier alpha value is -4.28. The van der Waals surface area contributed by atoms with Crippen LogP contribution in [0.1, 0.15) is 11.3 Å². The molecule has 0 aliphatic carbocycles. The van der Waals surface area contributed by atoms with E-state index in [1.54, 1.807) is 55.7 Å². The van der Waals surface area contributed by atoms with Crippen LogP contribution in [0.4, 0.5) is 36.5 Å². The van der Waals surface area contributed by atoms with Gasteiger partial charge >= 0.3 is 6.03 Å². The Balaban J connectivity index is 1.79. The van der Waals surface area contributed by atoms with Crippen LogP contribution in [0.5, 0.6) is 11.6 Å². The Morgan fingerprint density at radius 3 is 2.62 bits per heavy atom. The highest BCUT2D eigenvalue weighted by atomic mass is 19.3. The van der Waals surface area contributed by atoms with Crippen LogP contribution in [0, 0.1) is 0 Å². The highest BCUT2D eigenvalue weighted by molar-refractivity contribution is 6.10. The number of benzene rings is 2. The second-order valence-electron chi connectivity index (χ2n) is 7.28. The number of nitrogen functional groups attached to an aromatic ring is 1. The number of fused-ring (bicyclic) bond motifs is 1. The van der Waals surface area contributed by atoms with Gasteiger partial charge in [-0.05, 0) is 42.5 Å². The quantitative estimate of drug-likeness (QED) is 0.414. The second-order valence-corrected chi connectivity index (χ2v) is 7.28. The van der Waals surface area contributed by atoms with Gasteiger partial charge in [-0.25, -0.2) is 23.5 Å². The summed E-state index contributed by atoms with van der Waals surface area (Å²) in [6.45, 7) is -0.723. The number of carbonyl (C=O) groups excluding carboxylic acids is 1. The van der Waals surface area contributed by atoms with Gasteiger partial charge in [0.1, 0.15) is 11.4 Å². The van der Waals surface area contributed by atoms with Gasteiger partial charge in [-0.15, -0.1) is 0 Å². The second kappa shape index (κ2) is 9.69. The number of nitrogens with two attached hydrogens (primary N) is 1. The fourth-order valence-electron chi connectivity index (χ4n) is 3.47. The zero-order valence-corrected chi connectivity index (χ0v) is 18.5. The van der Waals surface area contributed by atoms with E-state index in [9.17, 15) is 13.6 Å². The van der Waals surface area contributed by atoms with Gasteiger partial charge in [-0.2, -0.15) is 4.98 Å². The predicted molar refractivity (Wildman–Crippen MR) is 125 cm³/mol. The first-order chi connectivity index (χ1) is 16.4. The van der Waals surface area contributed by atoms with E-state index < -0.39 is 19.1 Å². The summed E-state index contributed by atoms with van der Waals surface area (Å²) >= 11 is 0. The van der Waals surface area contributed by atoms with Crippen molar-refractivity contribution in [2.24, 2.45) is 4.99 Å². The molecule has 1 aromatic heterocycles. The number of ether oxygens (including phenoxy) is 2. The molecule has 0 fully saturated rings. The number of nitrogens with zero attached hydrogens (tertiary/aromatic N) is 5. The zero-order chi connectivity index (χ0) is 24.2. The lowest BCUT2D eigenvalue weighted by molar-refractivity contribution is 0.0794. The van der Waals surface area contributed by atoms with Crippen molar-refractivity contribution < 1.29 is 23.0 Å². The van der Waals surface area contributed by atoms with Gasteiger partial charge in [-0.3, -0.25) is 9.89 Å². The van der Waals surface area contributed by atoms with Crippen molar-refractivity contribution in [3.8, 4) is 11.6 Å². The lowest BCUT2D eigenvalue weighted by Gasteiger charge is -2.35. The summed E-state index contributed by atoms with van der Waals surface area (Å²) in [6, 6.07) is 11.5. The molecular formula is C23H22F2N6O3. The van der Waals surface area contributed by atoms with E-state index in [-0.39, 0.29) is 18.2 Å². The van der Waals surface area contributed by atoms with E-state index >= 15 is 0 Å². The van der Waals surface area contributed by atoms with E-state index in [0.717, 1.165) is 0 Å². The molecule has 2 N–H and O–H groups in total. The number of carbonyl (C=O) groups is 1. The molecule has 3 aromatic rings. The number of hydrogen-bond donors (Lipinski definition) is 1. The number of hydrogen-bond acceptors (Lipinski definition) is 7. The van der Waals surface area contributed by atoms with Crippen molar-refractivity contribution in [2.75, 3.05) is 36.3 Å². The SMILES string of the molecule is CN=Cc1cc(N2Cc3ncc(OCC(F)F)nc3N(c3ccc(OC)cc3)C2=O)ccc1N. The molecule has 34 heavy (non-hydrogen) atoms. The average molecular weight is 468 g/mol. The van der Waals surface area contributed by atoms with Crippen LogP contribution in [0.15, 0.2) is 53.7 Å². The average Bonchev–Trinajstić information content (AvgIpc) is 2.84. The third-order valence-electron chi connectivity index (χ3n) is 5.08. The fourth-order valence-corrected chi connectivity index (χ4v) is 3.47. The van der Waals surface area contributed by atoms with E-state index in [1.165, 1.54) is 23.1 Å². The standard InChI is InChI=1S/C23H22F2N6O3/c1-27-10-14-9-16(5-8-18(14)26)30-12-19-22(29-21(11-28-19)34-13-20(24)25)31(23(30)32)15-3-6-17(33-2)7-4-15/h3-11,20H,12-13,26H2,1-2H3. The first-order valence-corrected chi connectivity index (χ1v) is 10.3. The summed E-state index contributed by atoms with van der Waals surface area (Å²) in [5.41, 5.74) is 8.74. The molecule has 0 atom stereocenters. The van der Waals surface area contributed by atoms with Crippen LogP contribution in [0.3, 0.4) is 0 Å². The van der Waals surface area contributed by atoms with Crippen molar-refractivity contribution in [2.45, 2.75) is 13.0 Å². The number of methoxy groups -OCH3 is 1. The number of amides is 2. The maximum Gasteiger partial charge on any atom is 0.335 e. The van der Waals surface area contributed by atoms with Gasteiger partial charge in [0.15, 0.2) is 12.4 Å². The summed E-state index contributed by atoms with van der Waals surface area (Å²) < 4.78 is 35.5. The molecule has 11 heteroatoms. The van der Waals surface area contributed by atoms with E-state index in [2.05, 4.69) is 15.0 Å². The number of urea groups is 1. The molecule has 0 saturated heterocycles. The maximum atomic E-state index is 13.7. The van der Waals surface area contributed by atoms with Crippen LogP contribution >= 0.6 is 0 Å². The minimum atomic E-state index is -2.67. The Labute approximate surface area is 194 Å². The van der Waals surface area contributed by atoms with Gasteiger partial charge < -0.3 is 15.2 Å². The van der Waals surface area contributed by atoms with Crippen LogP contribution in [-0.4, -0.2) is 49.4 Å². The van der Waals surface area contributed by atoms with Gasteiger partial charge in [-0.1, -0.05) is 0 Å². The molecule has 2 heterocycles. The van der Waals surface area contributed by atoms with Crippen LogP contribution in [0.2, 0.25) is 0 Å². The normalized spacial score (nSPS) is 13.5. The molecule has 0 saturated carbocycles. The summed E-state index contributed by atoms with van der Waals surface area (Å²) in [4.78, 5) is 29.2. The van der Waals surface area contributed by atoms with Crippen molar-refractivity contribution >= 4 is 35.1 Å². The Kier molecular flexibility index (Phi) is 6.53. The summed E-state index contributed by atoms with van der Waals surface area (Å²) in [5, 5.41) is 0. The summed E-state index contributed by atoms with van der Waals surface area (Å²) in [7, 11) is 3.16. The van der Waals surface area contributed by atoms with Gasteiger partial charge in [0.2, 0.25) is 5.88 Å². The van der Waals surface area contributed by atoms with Gasteiger partial charge in [0, 0.05) is 30.2 Å². The smallest absolute Gasteiger partial charge is 0.335 e. The van der Waals surface area contributed by atoms with Gasteiger partial charge in [0.25, 0.3) is 6.43 Å². The molecule has 0 radical (unpaired) electrons. The number of aliphatic imine (C=N–C) groups is 1. The van der Waals surface area contributed by atoms with E-state index in [1.807, 2.05) is 0 Å². The first kappa shape index (κ1) is 22.9. The number of aromatic nitrogens is 2. The Morgan fingerprint density at radius 2 is 1.94 bits per heavy atom. The molecule has 1 aliphatic rings. The lowest BCUT2D eigenvalue weighted by Crippen LogP contribution is -2.46. The molecular weight excluding hydrogens is 446 g/mol. The molecule has 176 valence electrons. The summed E-state index contributed by atoms with van der Waals surface area (Å²) in [5.74, 6) is 0.698. The van der Waals surface area contributed by atoms with Crippen molar-refractivity contribution in [3.63, 3.8) is 0 Å². The molecule has 0 unspecified atom stereocenters. The summed E-state index contributed by atoms with van der Waals surface area (Å²) in [6.07, 6.45) is 0.202. The third kappa shape index (κ3) is 4.58. The number of alkyl halides is 2. The molecule has 2 aromatic carbocycles. The van der Waals surface area contributed by atoms with Crippen LogP contribution in [-0.2, 0) is 6.54 Å². The maximum absolute atomic E-state index is 13.7. The highest BCUT2D eigenvalue weighted by Crippen LogP contribution is 2.37. The number of anilines is 4. The van der Waals surface area contributed by atoms with Crippen LogP contribution in [0.25, 0.3) is 0 Å². The van der Waals surface area contributed by atoms with Crippen molar-refractivity contribution in [1.29, 1.82) is 0 Å². The molecule has 0 bridgehead atoms. The number of rotatable bonds is 7. The molecule has 9 nitrogen and oxygen atoms in total. The molecule has 1 aliphatic heterocycles. The lowest BCUT2D eigenvalue weighted by atomic mass is 10.1. The van der Waals surface area contributed by atoms with Gasteiger partial charge in [0.05, 0.1) is 25.5 Å². The number of halogens is 2. The highest BCUT2D eigenvalue weighted by Gasteiger charge is 2.35. The monoisotopic (exact) mass is 468 g/mol. The Morgan fingerprint density at radius 1 is 1.21 bits per heavy atom. The van der Waals surface area contributed by atoms with Crippen molar-refractivity contribution in [1.82, 2.24) is 9.97 Å². The first-order valence-electron chi connectivity index (χ1n) is 10.3. The molecule has 0 spiro atoms. The molecule has 4 rings (SSSR count). The largest absolute Gasteiger partial charge is 0.497 e. The molecule has 2 amide bonds. The predicted octanol–water partition coefficient (Wildman–Crippen LogP) is 4.04. The Bertz CT molecular complexity index is 1220. The van der Waals surface area contributed by atoms with E-state index in [4.69, 9.17) is 15.2 Å². The minimum Gasteiger partial charge on any atom is -0.497 e. The van der Waals surface area contributed by atoms with Crippen LogP contribution < -0.4 is 25.0 Å². The van der Waals surface area contributed by atoms with E-state index in [0.29, 0.717) is 34.1 Å². The fraction of sp³-hybridized carbons (Fsp3) is 0.217. The third-order valence-corrected chi connectivity index (χ3v) is 5.08. The minimum absolute atomic E-state index is 0.104.